The molecule has 0 aliphatic heterocycles. The number of hydrogen-bond donors (Lipinski definition) is 1. The van der Waals surface area contributed by atoms with E-state index in [1.54, 1.807) is 0 Å². The van der Waals surface area contributed by atoms with E-state index in [4.69, 9.17) is 28.9 Å². The number of nitrogens with two attached hydrogens (primary N) is 1. The Morgan fingerprint density at radius 2 is 2.09 bits per heavy atom. The van der Waals surface area contributed by atoms with E-state index in [2.05, 4.69) is 4.98 Å². The lowest BCUT2D eigenvalue weighted by atomic mass is 10.3. The molecular formula is C6H4Cl2N2O. The van der Waals surface area contributed by atoms with E-state index < -0.39 is 5.91 Å². The highest BCUT2D eigenvalue weighted by Crippen LogP contribution is 2.18. The van der Waals surface area contributed by atoms with Crippen molar-refractivity contribution in [3.8, 4) is 0 Å². The molecule has 2 N–H and O–H groups in total. The number of rotatable bonds is 1. The Morgan fingerprint density at radius 3 is 2.55 bits per heavy atom. The number of nitrogens with zero attached hydrogens (tertiary/aromatic N) is 1. The van der Waals surface area contributed by atoms with Crippen LogP contribution in [0.2, 0.25) is 10.2 Å². The molecule has 0 atom stereocenters. The lowest BCUT2D eigenvalue weighted by Gasteiger charge is -1.95. The quantitative estimate of drug-likeness (QED) is 0.683. The van der Waals surface area contributed by atoms with Gasteiger partial charge in [0.15, 0.2) is 0 Å². The van der Waals surface area contributed by atoms with Crippen molar-refractivity contribution in [2.24, 2.45) is 5.73 Å². The van der Waals surface area contributed by atoms with E-state index in [1.165, 1.54) is 12.1 Å². The first kappa shape index (κ1) is 8.30. The summed E-state index contributed by atoms with van der Waals surface area (Å²) >= 11 is 11.0. The van der Waals surface area contributed by atoms with Crippen LogP contribution in [-0.4, -0.2) is 10.9 Å². The van der Waals surface area contributed by atoms with Crippen LogP contribution in [0.5, 0.6) is 0 Å². The summed E-state index contributed by atoms with van der Waals surface area (Å²) in [4.78, 5) is 14.2. The van der Waals surface area contributed by atoms with Gasteiger partial charge in [-0.1, -0.05) is 23.2 Å². The van der Waals surface area contributed by atoms with Crippen molar-refractivity contribution in [3.63, 3.8) is 0 Å². The second kappa shape index (κ2) is 3.07. The van der Waals surface area contributed by atoms with Gasteiger partial charge in [-0.15, -0.1) is 0 Å². The topological polar surface area (TPSA) is 56.0 Å². The normalized spacial score (nSPS) is 9.64. The molecule has 1 aromatic heterocycles. The smallest absolute Gasteiger partial charge is 0.267 e. The molecule has 0 aromatic carbocycles. The molecule has 3 nitrogen and oxygen atoms in total. The Labute approximate surface area is 73.1 Å². The number of primary amides is 1. The van der Waals surface area contributed by atoms with Crippen molar-refractivity contribution in [2.45, 2.75) is 0 Å². The minimum atomic E-state index is -0.622. The Kier molecular flexibility index (Phi) is 2.31. The zero-order chi connectivity index (χ0) is 8.43. The van der Waals surface area contributed by atoms with Crippen LogP contribution in [0, 0.1) is 0 Å². The number of halogens is 2. The highest BCUT2D eigenvalue weighted by atomic mass is 35.5. The van der Waals surface area contributed by atoms with Gasteiger partial charge in [-0.05, 0) is 12.1 Å². The molecule has 0 fully saturated rings. The van der Waals surface area contributed by atoms with Gasteiger partial charge in [-0.25, -0.2) is 4.98 Å². The number of carbonyl (C=O) groups is 1. The first-order chi connectivity index (χ1) is 5.11. The van der Waals surface area contributed by atoms with Gasteiger partial charge < -0.3 is 5.73 Å². The fourth-order valence-corrected chi connectivity index (χ4v) is 0.814. The van der Waals surface area contributed by atoms with E-state index in [0.717, 1.165) is 0 Å². The number of amides is 1. The van der Waals surface area contributed by atoms with Crippen LogP contribution < -0.4 is 5.73 Å². The maximum atomic E-state index is 10.5. The summed E-state index contributed by atoms with van der Waals surface area (Å²) in [5.74, 6) is -0.622. The second-order valence-electron chi connectivity index (χ2n) is 1.83. The van der Waals surface area contributed by atoms with Crippen LogP contribution in [0.4, 0.5) is 0 Å². The van der Waals surface area contributed by atoms with Crippen LogP contribution in [0.25, 0.3) is 0 Å². The van der Waals surface area contributed by atoms with E-state index in [0.29, 0.717) is 5.02 Å². The standard InChI is InChI=1S/C6H4Cl2N2O/c7-3-1-2-4(6(9)11)10-5(3)8/h1-2H,(H2,9,11). The molecular weight excluding hydrogens is 187 g/mol. The van der Waals surface area contributed by atoms with Crippen LogP contribution >= 0.6 is 23.2 Å². The number of hydrogen-bond acceptors (Lipinski definition) is 2. The van der Waals surface area contributed by atoms with Gasteiger partial charge in [0.05, 0.1) is 5.02 Å². The summed E-state index contributed by atoms with van der Waals surface area (Å²) in [5.41, 5.74) is 5.04. The zero-order valence-corrected chi connectivity index (χ0v) is 6.86. The predicted molar refractivity (Wildman–Crippen MR) is 42.8 cm³/mol. The molecule has 5 heteroatoms. The van der Waals surface area contributed by atoms with E-state index in [-0.39, 0.29) is 10.8 Å². The molecule has 58 valence electrons. The molecule has 0 bridgehead atoms. The monoisotopic (exact) mass is 190 g/mol. The van der Waals surface area contributed by atoms with Gasteiger partial charge in [-0.2, -0.15) is 0 Å². The fraction of sp³-hybridized carbons (Fsp3) is 0. The second-order valence-corrected chi connectivity index (χ2v) is 2.60. The van der Waals surface area contributed by atoms with Crippen molar-refractivity contribution in [2.75, 3.05) is 0 Å². The molecule has 11 heavy (non-hydrogen) atoms. The van der Waals surface area contributed by atoms with Crippen LogP contribution in [-0.2, 0) is 0 Å². The maximum absolute atomic E-state index is 10.5. The van der Waals surface area contributed by atoms with Gasteiger partial charge >= 0.3 is 0 Å². The van der Waals surface area contributed by atoms with E-state index in [9.17, 15) is 4.79 Å². The third-order valence-electron chi connectivity index (χ3n) is 1.06. The largest absolute Gasteiger partial charge is 0.364 e. The molecule has 0 radical (unpaired) electrons. The fourth-order valence-electron chi connectivity index (χ4n) is 0.555. The SMILES string of the molecule is NC(=O)c1ccc(Cl)c(Cl)n1. The van der Waals surface area contributed by atoms with Crippen LogP contribution in [0.15, 0.2) is 12.1 Å². The summed E-state index contributed by atoms with van der Waals surface area (Å²) in [5, 5.41) is 0.389. The van der Waals surface area contributed by atoms with Crippen molar-refractivity contribution in [1.29, 1.82) is 0 Å². The maximum Gasteiger partial charge on any atom is 0.267 e. The van der Waals surface area contributed by atoms with Crippen molar-refractivity contribution < 1.29 is 4.79 Å². The van der Waals surface area contributed by atoms with Gasteiger partial charge in [-0.3, -0.25) is 4.79 Å². The summed E-state index contributed by atoms with van der Waals surface area (Å²) < 4.78 is 0. The lowest BCUT2D eigenvalue weighted by Crippen LogP contribution is -2.12. The molecule has 1 rings (SSSR count). The van der Waals surface area contributed by atoms with Crippen molar-refractivity contribution in [1.82, 2.24) is 4.98 Å². The van der Waals surface area contributed by atoms with Gasteiger partial charge in [0, 0.05) is 0 Å². The zero-order valence-electron chi connectivity index (χ0n) is 5.34. The predicted octanol–water partition coefficient (Wildman–Crippen LogP) is 1.49. The van der Waals surface area contributed by atoms with Gasteiger partial charge in [0.25, 0.3) is 5.91 Å². The third kappa shape index (κ3) is 1.82. The average molecular weight is 191 g/mol. The van der Waals surface area contributed by atoms with Gasteiger partial charge in [0.1, 0.15) is 10.8 Å². The lowest BCUT2D eigenvalue weighted by molar-refractivity contribution is 0.0995. The summed E-state index contributed by atoms with van der Waals surface area (Å²) in [6, 6.07) is 2.88. The van der Waals surface area contributed by atoms with Crippen molar-refractivity contribution in [3.05, 3.63) is 28.0 Å². The molecule has 0 aliphatic carbocycles. The number of carbonyl (C=O) groups excluding carboxylic acids is 1. The minimum absolute atomic E-state index is 0.0861. The Hall–Kier alpha value is -0.800. The minimum Gasteiger partial charge on any atom is -0.364 e. The number of pyridine rings is 1. The highest BCUT2D eigenvalue weighted by molar-refractivity contribution is 6.41. The molecule has 1 aromatic rings. The van der Waals surface area contributed by atoms with E-state index in [1.807, 2.05) is 0 Å². The van der Waals surface area contributed by atoms with Gasteiger partial charge in [0.2, 0.25) is 0 Å². The Balaban J connectivity index is 3.15. The highest BCUT2D eigenvalue weighted by Gasteiger charge is 2.04. The molecule has 0 aliphatic rings. The Bertz CT molecular complexity index is 301. The Morgan fingerprint density at radius 1 is 1.45 bits per heavy atom. The average Bonchev–Trinajstić information content (AvgIpc) is 1.94. The molecule has 0 unspecified atom stereocenters. The summed E-state index contributed by atoms with van der Waals surface area (Å²) in [7, 11) is 0. The van der Waals surface area contributed by atoms with Crippen LogP contribution in [0.1, 0.15) is 10.5 Å². The summed E-state index contributed by atoms with van der Waals surface area (Å²) in [6.07, 6.45) is 0. The van der Waals surface area contributed by atoms with E-state index >= 15 is 0 Å². The molecule has 1 heterocycles. The summed E-state index contributed by atoms with van der Waals surface area (Å²) in [6.45, 7) is 0. The third-order valence-corrected chi connectivity index (χ3v) is 1.75. The number of aromatic nitrogens is 1. The van der Waals surface area contributed by atoms with Crippen molar-refractivity contribution >= 4 is 29.1 Å². The molecule has 0 spiro atoms. The molecule has 0 saturated carbocycles. The first-order valence-corrected chi connectivity index (χ1v) is 3.48. The first-order valence-electron chi connectivity index (χ1n) is 2.73. The molecule has 0 saturated heterocycles. The molecule has 1 amide bonds. The van der Waals surface area contributed by atoms with Crippen LogP contribution in [0.3, 0.4) is 0 Å².